The molecule has 0 bridgehead atoms. The maximum atomic E-state index is 12.9. The predicted octanol–water partition coefficient (Wildman–Crippen LogP) is 7.74. The number of benzene rings is 3. The summed E-state index contributed by atoms with van der Waals surface area (Å²) in [5, 5.41) is 0. The molecule has 3 rings (SSSR count). The number of ether oxygens (including phenoxy) is 1. The van der Waals surface area contributed by atoms with Gasteiger partial charge in [-0.15, -0.1) is 0 Å². The minimum absolute atomic E-state index is 0.148. The van der Waals surface area contributed by atoms with E-state index in [0.717, 1.165) is 26.9 Å². The van der Waals surface area contributed by atoms with Crippen LogP contribution in [0.2, 0.25) is 0 Å². The van der Waals surface area contributed by atoms with Gasteiger partial charge in [0.25, 0.3) is 0 Å². The van der Waals surface area contributed by atoms with Gasteiger partial charge >= 0.3 is 199 Å². The van der Waals surface area contributed by atoms with Gasteiger partial charge in [-0.05, 0) is 0 Å². The molecule has 0 fully saturated rings. The van der Waals surface area contributed by atoms with Crippen molar-refractivity contribution >= 4 is 30.4 Å². The summed E-state index contributed by atoms with van der Waals surface area (Å²) in [5.41, 5.74) is 1.79. The molecule has 0 aliphatic heterocycles. The Balaban J connectivity index is 1.65. The Morgan fingerprint density at radius 1 is 0.800 bits per heavy atom. The Bertz CT molecular complexity index is 1200. The average molecular weight is 605 g/mol. The van der Waals surface area contributed by atoms with Crippen molar-refractivity contribution in [2.45, 2.75) is 57.3 Å². The summed E-state index contributed by atoms with van der Waals surface area (Å²) in [6.07, 6.45) is 7.38. The zero-order valence-corrected chi connectivity index (χ0v) is 23.3. The molecule has 0 spiro atoms. The van der Waals surface area contributed by atoms with E-state index in [1.165, 1.54) is 32.1 Å². The Labute approximate surface area is 218 Å². The molecule has 0 saturated carbocycles. The van der Waals surface area contributed by atoms with Gasteiger partial charge in [-0.2, -0.15) is 0 Å². The fourth-order valence-corrected chi connectivity index (χ4v) is 8.95. The van der Waals surface area contributed by atoms with Crippen molar-refractivity contribution in [3.63, 3.8) is 0 Å². The van der Waals surface area contributed by atoms with Crippen LogP contribution >= 0.6 is 20.2 Å². The number of hydrogen-bond donors (Lipinski definition) is 0. The molecule has 0 radical (unpaired) electrons. The van der Waals surface area contributed by atoms with Gasteiger partial charge in [0, 0.05) is 0 Å². The van der Waals surface area contributed by atoms with Crippen LogP contribution in [0.4, 0.5) is 0 Å². The summed E-state index contributed by atoms with van der Waals surface area (Å²) < 4.78 is 41.4. The fourth-order valence-electron chi connectivity index (χ4n) is 3.26. The molecule has 0 heterocycles. The normalized spacial score (nSPS) is 11.4. The van der Waals surface area contributed by atoms with Crippen molar-refractivity contribution in [2.24, 2.45) is 0 Å². The molecule has 0 N–H and O–H groups in total. The number of halogens is 1. The van der Waals surface area contributed by atoms with Crippen LogP contribution in [0.15, 0.2) is 83.8 Å². The fraction of sp³-hybridized carbons (Fsp3) is 0.310. The summed E-state index contributed by atoms with van der Waals surface area (Å²) in [4.78, 5) is 0.148. The van der Waals surface area contributed by atoms with E-state index in [1.807, 2.05) is 61.5 Å². The van der Waals surface area contributed by atoms with Gasteiger partial charge in [-0.25, -0.2) is 0 Å². The van der Waals surface area contributed by atoms with Crippen molar-refractivity contribution < 1.29 is 15.7 Å². The summed E-state index contributed by atoms with van der Waals surface area (Å²) in [5.74, 6) is 3.94. The topological polar surface area (TPSA) is 52.6 Å². The zero-order valence-electron chi connectivity index (χ0n) is 20.4. The van der Waals surface area contributed by atoms with E-state index in [4.69, 9.17) is 7.25 Å². The first-order valence-electron chi connectivity index (χ1n) is 12.0. The first-order valence-corrected chi connectivity index (χ1v) is 16.4. The molecular formula is C29H33IO4S. The standard InChI is InChI=1S/C29H33IO4S/c1-3-4-5-6-7-11-24-33-28-18-16-26(17-19-28)22-23-30(27-12-9-8-10-13-27)34-35(31,32)29-20-14-25(2)15-21-29/h8-10,12-21H,3-7,11,24H2,1-2H3. The molecule has 0 aromatic heterocycles. The van der Waals surface area contributed by atoms with E-state index in [9.17, 15) is 8.42 Å². The van der Waals surface area contributed by atoms with Crippen LogP contribution in [0.3, 0.4) is 0 Å². The molecule has 0 saturated heterocycles. The van der Waals surface area contributed by atoms with E-state index in [1.54, 1.807) is 24.3 Å². The summed E-state index contributed by atoms with van der Waals surface area (Å²) in [7, 11) is -3.91. The number of aryl methyl sites for hydroxylation is 1. The predicted molar refractivity (Wildman–Crippen MR) is 151 cm³/mol. The van der Waals surface area contributed by atoms with Gasteiger partial charge < -0.3 is 0 Å². The van der Waals surface area contributed by atoms with Crippen molar-refractivity contribution in [1.82, 2.24) is 0 Å². The molecule has 0 aliphatic carbocycles. The monoisotopic (exact) mass is 604 g/mol. The van der Waals surface area contributed by atoms with Crippen LogP contribution in [0.5, 0.6) is 5.75 Å². The van der Waals surface area contributed by atoms with E-state index >= 15 is 0 Å². The molecular weight excluding hydrogens is 571 g/mol. The SMILES string of the molecule is CCCCCCCCOc1ccc(C#CI(OS(=O)(=O)c2ccc(C)cc2)c2ccccc2)cc1. The second-order valence-corrected chi connectivity index (χ2v) is 14.0. The van der Waals surface area contributed by atoms with Crippen LogP contribution in [0.25, 0.3) is 0 Å². The Morgan fingerprint density at radius 2 is 1.46 bits per heavy atom. The molecule has 186 valence electrons. The van der Waals surface area contributed by atoms with Gasteiger partial charge in [-0.3, -0.25) is 0 Å². The number of unbranched alkanes of at least 4 members (excludes halogenated alkanes) is 5. The summed E-state index contributed by atoms with van der Waals surface area (Å²) >= 11 is -2.81. The van der Waals surface area contributed by atoms with Crippen LogP contribution in [-0.2, 0) is 12.6 Å². The van der Waals surface area contributed by atoms with Gasteiger partial charge in [0.1, 0.15) is 0 Å². The van der Waals surface area contributed by atoms with Crippen LogP contribution < -0.4 is 4.74 Å². The van der Waals surface area contributed by atoms with Crippen molar-refractivity contribution in [3.05, 3.63) is 93.6 Å². The number of hydrogen-bond acceptors (Lipinski definition) is 4. The second-order valence-electron chi connectivity index (χ2n) is 8.23. The van der Waals surface area contributed by atoms with Gasteiger partial charge in [0.2, 0.25) is 0 Å². The Kier molecular flexibility index (Phi) is 11.1. The van der Waals surface area contributed by atoms with E-state index in [-0.39, 0.29) is 4.90 Å². The Morgan fingerprint density at radius 3 is 2.14 bits per heavy atom. The average Bonchev–Trinajstić information content (AvgIpc) is 2.87. The third-order valence-electron chi connectivity index (χ3n) is 5.29. The third kappa shape index (κ3) is 9.32. The summed E-state index contributed by atoms with van der Waals surface area (Å²) in [6.45, 7) is 4.85. The van der Waals surface area contributed by atoms with Gasteiger partial charge in [-0.1, -0.05) is 19.8 Å². The molecule has 35 heavy (non-hydrogen) atoms. The van der Waals surface area contributed by atoms with E-state index in [0.29, 0.717) is 6.61 Å². The molecule has 6 heteroatoms. The minimum atomic E-state index is -3.91. The molecule has 0 unspecified atom stereocenters. The van der Waals surface area contributed by atoms with Gasteiger partial charge in [0.15, 0.2) is 0 Å². The molecule has 0 atom stereocenters. The summed E-state index contributed by atoms with van der Waals surface area (Å²) in [6, 6.07) is 23.7. The quantitative estimate of drug-likeness (QED) is 0.121. The molecule has 3 aromatic carbocycles. The van der Waals surface area contributed by atoms with Crippen molar-refractivity contribution in [2.75, 3.05) is 6.61 Å². The molecule has 3 aromatic rings. The first kappa shape index (κ1) is 27.3. The van der Waals surface area contributed by atoms with E-state index < -0.39 is 30.4 Å². The zero-order chi connectivity index (χ0) is 24.9. The second kappa shape index (κ2) is 14.3. The third-order valence-corrected chi connectivity index (χ3v) is 11.5. The van der Waals surface area contributed by atoms with Crippen molar-refractivity contribution in [3.8, 4) is 15.6 Å². The molecule has 4 nitrogen and oxygen atoms in total. The van der Waals surface area contributed by atoms with Crippen LogP contribution in [0, 0.1) is 20.3 Å². The molecule has 0 aliphatic rings. The van der Waals surface area contributed by atoms with Crippen molar-refractivity contribution in [1.29, 1.82) is 0 Å². The Hall–Kier alpha value is -2.34. The van der Waals surface area contributed by atoms with E-state index in [2.05, 4.69) is 16.8 Å². The van der Waals surface area contributed by atoms with Gasteiger partial charge in [0.05, 0.1) is 0 Å². The van der Waals surface area contributed by atoms with Crippen LogP contribution in [0.1, 0.15) is 56.6 Å². The number of rotatable bonds is 12. The van der Waals surface area contributed by atoms with Crippen LogP contribution in [-0.4, -0.2) is 15.0 Å². The molecule has 0 amide bonds. The maximum absolute atomic E-state index is 12.9. The first-order chi connectivity index (χ1) is 17.0.